The van der Waals surface area contributed by atoms with Crippen LogP contribution in [0.2, 0.25) is 5.02 Å². The van der Waals surface area contributed by atoms with Gasteiger partial charge in [0, 0.05) is 29.7 Å². The van der Waals surface area contributed by atoms with Crippen LogP contribution in [0.1, 0.15) is 31.7 Å². The first-order valence-corrected chi connectivity index (χ1v) is 25.1. The average Bonchev–Trinajstić information content (AvgIpc) is 3.79. The predicted molar refractivity (Wildman–Crippen MR) is 230 cm³/mol. The minimum absolute atomic E-state index is 0.0605. The predicted octanol–water partition coefficient (Wildman–Crippen LogP) is 4.97. The molecule has 0 radical (unpaired) electrons. The van der Waals surface area contributed by atoms with Gasteiger partial charge in [-0.25, -0.2) is 18.5 Å². The van der Waals surface area contributed by atoms with Crippen molar-refractivity contribution in [2.24, 2.45) is 4.99 Å². The minimum atomic E-state index is -4.61. The van der Waals surface area contributed by atoms with Crippen LogP contribution in [0.4, 0.5) is 33.3 Å². The van der Waals surface area contributed by atoms with Gasteiger partial charge in [-0.2, -0.15) is 13.2 Å². The highest BCUT2D eigenvalue weighted by Crippen LogP contribution is 2.35. The number of esters is 1. The van der Waals surface area contributed by atoms with Crippen molar-refractivity contribution in [2.75, 3.05) is 56.0 Å². The third kappa shape index (κ3) is 20.2. The summed E-state index contributed by atoms with van der Waals surface area (Å²) in [7, 11) is -2.41. The Morgan fingerprint density at radius 3 is 2.22 bits per heavy atom. The van der Waals surface area contributed by atoms with Crippen molar-refractivity contribution < 1.29 is 65.3 Å². The first-order chi connectivity index (χ1) is 29.3. The number of ether oxygens (including phenoxy) is 2. The van der Waals surface area contributed by atoms with Crippen molar-refractivity contribution in [2.45, 2.75) is 56.9 Å². The molecule has 2 aromatic carbocycles. The van der Waals surface area contributed by atoms with E-state index in [2.05, 4.69) is 38.7 Å². The number of nitrogens with one attached hydrogen (secondary N) is 1. The molecule has 1 amide bonds. The smallest absolute Gasteiger partial charge is 0.445 e. The zero-order chi connectivity index (χ0) is 47.7. The number of hydrogen-bond acceptors (Lipinski definition) is 15. The maximum absolute atomic E-state index is 14.3. The molecule has 0 aliphatic carbocycles. The van der Waals surface area contributed by atoms with Gasteiger partial charge in [0.15, 0.2) is 6.61 Å². The number of methoxy groups -OCH3 is 1. The highest BCUT2D eigenvalue weighted by atomic mass is 35.5. The van der Waals surface area contributed by atoms with Crippen molar-refractivity contribution in [1.29, 1.82) is 0 Å². The lowest BCUT2D eigenvalue weighted by Crippen LogP contribution is -2.40. The van der Waals surface area contributed by atoms with Crippen molar-refractivity contribution >= 4 is 93.7 Å². The number of halogens is 6. The number of alkyl halides is 3. The highest BCUT2D eigenvalue weighted by Gasteiger charge is 2.36. The number of anilines is 1. The lowest BCUT2D eigenvalue weighted by Gasteiger charge is -2.26. The molecule has 0 bridgehead atoms. The molecule has 4 aromatic rings. The zero-order valence-electron chi connectivity index (χ0n) is 34.4. The zero-order valence-corrected chi connectivity index (χ0v) is 39.3. The lowest BCUT2D eigenvalue weighted by molar-refractivity contribution is -0.193. The van der Waals surface area contributed by atoms with E-state index in [9.17, 15) is 50.6 Å². The molecule has 1 unspecified atom stereocenters. The number of amides is 1. The van der Waals surface area contributed by atoms with Gasteiger partial charge in [-0.05, 0) is 85.3 Å². The molecule has 5 rings (SSSR count). The van der Waals surface area contributed by atoms with E-state index in [1.54, 1.807) is 23.2 Å². The molecule has 17 nitrogen and oxygen atoms in total. The molecule has 1 atom stereocenters. The van der Waals surface area contributed by atoms with E-state index in [1.807, 2.05) is 5.32 Å². The van der Waals surface area contributed by atoms with Crippen LogP contribution >= 0.6 is 53.6 Å². The van der Waals surface area contributed by atoms with Crippen LogP contribution in [0.15, 0.2) is 51.1 Å². The molecular formula is C35H44ClF5N7O10PS4. The number of aromatic nitrogens is 4. The Balaban J connectivity index is 0.000000335. The molecule has 0 fully saturated rings. The first kappa shape index (κ1) is 55.3. The molecule has 1 aliphatic rings. The van der Waals surface area contributed by atoms with Crippen LogP contribution < -0.4 is 29.5 Å². The standard InChI is InChI=1S/C15H15ClFN3O3S2.C14H13F4N3O2S.C3H8NO5P.C3H9S/c1-23-13(21)8-24-12-7-11(10(17)6-9(12)16)18-14-19-4-2-3-5-20(19)15(22)25-14;1-8(2)21(10-5-3-9(15)4-6-10)11(22)7-23-13-20-19-12(24-13)14(16,17)18;5-3(6)1-4-2-10(7,8)9;1-4(2)3/h6-7H,2-5,8H2,1H3;3-6,8H,7H2,1-2H3;4H,1-2H2,(H,5,6)(H2,7,8,9);1-3H3/q;;;+1/p-1/b18-14-;;;. The van der Waals surface area contributed by atoms with Crippen LogP contribution in [0.25, 0.3) is 0 Å². The number of carbonyl (C=O) groups is 3. The van der Waals surface area contributed by atoms with E-state index in [0.717, 1.165) is 42.0 Å². The first-order valence-electron chi connectivity index (χ1n) is 17.9. The number of benzene rings is 2. The van der Waals surface area contributed by atoms with Gasteiger partial charge in [0.2, 0.25) is 9.81 Å². The summed E-state index contributed by atoms with van der Waals surface area (Å²) in [6, 6.07) is 7.66. The molecule has 63 heavy (non-hydrogen) atoms. The summed E-state index contributed by atoms with van der Waals surface area (Å²) in [5.41, 5.74) is 0.535. The number of hydrogen-bond donors (Lipinski definition) is 3. The Morgan fingerprint density at radius 2 is 1.70 bits per heavy atom. The second kappa shape index (κ2) is 26.2. The molecule has 3 N–H and O–H groups in total. The Morgan fingerprint density at radius 1 is 1.10 bits per heavy atom. The third-order valence-electron chi connectivity index (χ3n) is 7.13. The van der Waals surface area contributed by atoms with E-state index in [0.29, 0.717) is 39.4 Å². The van der Waals surface area contributed by atoms with Crippen molar-refractivity contribution in [3.8, 4) is 5.19 Å². The summed E-state index contributed by atoms with van der Waals surface area (Å²) in [4.78, 5) is 69.9. The van der Waals surface area contributed by atoms with Crippen LogP contribution in [-0.4, -0.2) is 105 Å². The number of carbonyl (C=O) groups excluding carboxylic acids is 2. The van der Waals surface area contributed by atoms with Gasteiger partial charge in [0.25, 0.3) is 11.1 Å². The molecule has 350 valence electrons. The third-order valence-corrected chi connectivity index (χ3v) is 11.0. The summed E-state index contributed by atoms with van der Waals surface area (Å²) in [5.74, 6) is -3.04. The monoisotopic (exact) mass is 1010 g/mol. The molecule has 1 aliphatic heterocycles. The number of nitrogens with zero attached hydrogens (tertiary/aromatic N) is 6. The number of carboxylic acid groups (broad SMARTS) is 1. The SMILES string of the molecule is CC(C)N(C(=O)COc1nnc(C(F)(F)F)s1)c1ccc(F)cc1.COC(=O)CSc1cc(/N=c2\sc(=O)n3n2CCCC3)c(F)cc1Cl.C[S+](C)C.O=C(O)CNCP(=O)([O-])O. The number of rotatable bonds is 13. The largest absolute Gasteiger partial charge is 0.778 e. The van der Waals surface area contributed by atoms with E-state index in [4.69, 9.17) is 26.3 Å². The topological polar surface area (TPSA) is 231 Å². The summed E-state index contributed by atoms with van der Waals surface area (Å²) < 4.78 is 87.5. The lowest BCUT2D eigenvalue weighted by atomic mass is 10.2. The molecule has 2 aromatic heterocycles. The molecular weight excluding hydrogens is 968 g/mol. The van der Waals surface area contributed by atoms with Gasteiger partial charge >= 0.3 is 23.0 Å². The molecule has 0 saturated carbocycles. The highest BCUT2D eigenvalue weighted by molar-refractivity contribution is 8.00. The quantitative estimate of drug-likeness (QED) is 0.0528. The van der Waals surface area contributed by atoms with E-state index < -0.39 is 67.7 Å². The van der Waals surface area contributed by atoms with Crippen molar-refractivity contribution in [3.63, 3.8) is 0 Å². The van der Waals surface area contributed by atoms with Crippen LogP contribution in [0.5, 0.6) is 5.19 Å². The Hall–Kier alpha value is -3.88. The summed E-state index contributed by atoms with van der Waals surface area (Å²) in [5, 5.41) is 14.9. The Kier molecular flexibility index (Phi) is 23.0. The summed E-state index contributed by atoms with van der Waals surface area (Å²) in [6.07, 6.45) is 3.16. The van der Waals surface area contributed by atoms with Gasteiger partial charge in [-0.3, -0.25) is 29.2 Å². The number of fused-ring (bicyclic) bond motifs is 1. The average molecular weight is 1010 g/mol. The van der Waals surface area contributed by atoms with Gasteiger partial charge in [-0.15, -0.1) is 16.9 Å². The maximum atomic E-state index is 14.3. The Bertz CT molecular complexity index is 2300. The van der Waals surface area contributed by atoms with Gasteiger partial charge in [0.1, 0.15) is 24.9 Å². The number of carboxylic acids is 1. The van der Waals surface area contributed by atoms with Crippen molar-refractivity contribution in [3.05, 3.63) is 72.5 Å². The summed E-state index contributed by atoms with van der Waals surface area (Å²) >= 11 is 8.38. The van der Waals surface area contributed by atoms with E-state index in [1.165, 1.54) is 42.3 Å². The van der Waals surface area contributed by atoms with Gasteiger partial charge < -0.3 is 33.8 Å². The maximum Gasteiger partial charge on any atom is 0.445 e. The normalized spacial score (nSPS) is 13.3. The van der Waals surface area contributed by atoms with Gasteiger partial charge in [0.05, 0.1) is 49.5 Å². The fourth-order valence-corrected chi connectivity index (χ4v) is 7.59. The summed E-state index contributed by atoms with van der Waals surface area (Å²) in [6.45, 7) is 3.82. The second-order valence-electron chi connectivity index (χ2n) is 13.1. The van der Waals surface area contributed by atoms with Crippen LogP contribution in [0, 0.1) is 11.6 Å². The molecule has 0 spiro atoms. The van der Waals surface area contributed by atoms with Crippen LogP contribution in [0.3, 0.4) is 0 Å². The van der Waals surface area contributed by atoms with E-state index >= 15 is 0 Å². The molecule has 3 heterocycles. The number of thioether (sulfide) groups is 1. The van der Waals surface area contributed by atoms with Crippen molar-refractivity contribution in [1.82, 2.24) is 24.9 Å². The number of aliphatic carboxylic acids is 1. The Labute approximate surface area is 377 Å². The minimum Gasteiger partial charge on any atom is -0.778 e. The molecule has 28 heteroatoms. The molecule has 0 saturated heterocycles. The second-order valence-corrected chi connectivity index (χ2v) is 20.5. The van der Waals surface area contributed by atoms with Crippen LogP contribution in [-0.2, 0) is 53.8 Å². The fourth-order valence-electron chi connectivity index (χ4n) is 4.64. The van der Waals surface area contributed by atoms with E-state index in [-0.39, 0.29) is 43.9 Å². The fraction of sp³-hybridized carbons (Fsp3) is 0.457. The van der Waals surface area contributed by atoms with Gasteiger partial charge in [-0.1, -0.05) is 28.0 Å².